The Bertz CT molecular complexity index is 1130. The molecule has 4 aromatic rings. The van der Waals surface area contributed by atoms with Gasteiger partial charge in [0.15, 0.2) is 5.69 Å². The van der Waals surface area contributed by atoms with Crippen LogP contribution >= 0.6 is 11.6 Å². The van der Waals surface area contributed by atoms with E-state index in [1.165, 1.54) is 4.40 Å². The molecule has 0 spiro atoms. The van der Waals surface area contributed by atoms with Gasteiger partial charge >= 0.3 is 5.97 Å². The minimum absolute atomic E-state index is 0.000703. The fraction of sp³-hybridized carbons (Fsp3) is 0.263. The molecule has 9 heteroatoms. The lowest BCUT2D eigenvalue weighted by Crippen LogP contribution is -1.96. The molecule has 0 saturated heterocycles. The Morgan fingerprint density at radius 3 is 2.86 bits per heavy atom. The molecule has 28 heavy (non-hydrogen) atoms. The number of aromatic nitrogens is 4. The van der Waals surface area contributed by atoms with E-state index in [4.69, 9.17) is 20.5 Å². The molecule has 4 heterocycles. The molecule has 0 aliphatic rings. The summed E-state index contributed by atoms with van der Waals surface area (Å²) in [6.07, 6.45) is 8.66. The number of fused-ring (bicyclic) bond motifs is 1. The number of rotatable bonds is 7. The highest BCUT2D eigenvalue weighted by Crippen LogP contribution is 2.32. The van der Waals surface area contributed by atoms with E-state index in [0.717, 1.165) is 30.4 Å². The van der Waals surface area contributed by atoms with Gasteiger partial charge in [-0.2, -0.15) is 4.98 Å². The van der Waals surface area contributed by atoms with E-state index in [-0.39, 0.29) is 10.8 Å². The quantitative estimate of drug-likeness (QED) is 0.447. The second-order valence-electron chi connectivity index (χ2n) is 6.37. The van der Waals surface area contributed by atoms with Crippen LogP contribution in [-0.2, 0) is 6.42 Å². The summed E-state index contributed by atoms with van der Waals surface area (Å²) in [5.74, 6) is -0.343. The predicted molar refractivity (Wildman–Crippen MR) is 101 cm³/mol. The molecule has 0 amide bonds. The van der Waals surface area contributed by atoms with Crippen LogP contribution < -0.4 is 0 Å². The fourth-order valence-corrected chi connectivity index (χ4v) is 3.25. The summed E-state index contributed by atoms with van der Waals surface area (Å²) >= 11 is 6.27. The van der Waals surface area contributed by atoms with Crippen molar-refractivity contribution in [2.75, 3.05) is 0 Å². The zero-order valence-corrected chi connectivity index (χ0v) is 15.8. The van der Waals surface area contributed by atoms with Gasteiger partial charge in [0.05, 0.1) is 18.1 Å². The number of carbonyl (C=O) groups is 1. The highest BCUT2D eigenvalue weighted by Gasteiger charge is 2.22. The van der Waals surface area contributed by atoms with Gasteiger partial charge in [0.25, 0.3) is 0 Å². The molecular formula is C19H17ClN4O4. The number of furan rings is 1. The average Bonchev–Trinajstić information content (AvgIpc) is 3.42. The molecule has 0 saturated carbocycles. The smallest absolute Gasteiger partial charge is 0.357 e. The van der Waals surface area contributed by atoms with Gasteiger partial charge in [0, 0.05) is 23.7 Å². The van der Waals surface area contributed by atoms with Crippen LogP contribution in [0.2, 0.25) is 5.15 Å². The van der Waals surface area contributed by atoms with E-state index in [9.17, 15) is 9.90 Å². The van der Waals surface area contributed by atoms with Crippen LogP contribution in [0.3, 0.4) is 0 Å². The molecule has 1 N–H and O–H groups in total. The number of pyridine rings is 1. The van der Waals surface area contributed by atoms with E-state index in [0.29, 0.717) is 29.3 Å². The minimum atomic E-state index is -1.21. The first-order valence-corrected chi connectivity index (χ1v) is 9.26. The molecule has 4 rings (SSSR count). The third-order valence-electron chi connectivity index (χ3n) is 4.42. The molecule has 0 unspecified atom stereocenters. The van der Waals surface area contributed by atoms with E-state index in [1.807, 2.05) is 6.07 Å². The zero-order valence-electron chi connectivity index (χ0n) is 15.1. The second-order valence-corrected chi connectivity index (χ2v) is 6.73. The van der Waals surface area contributed by atoms with Gasteiger partial charge in [-0.15, -0.1) is 0 Å². The maximum Gasteiger partial charge on any atom is 0.357 e. The third-order valence-corrected chi connectivity index (χ3v) is 4.78. The summed E-state index contributed by atoms with van der Waals surface area (Å²) in [7, 11) is 0. The first-order chi connectivity index (χ1) is 13.6. The molecule has 0 aromatic carbocycles. The number of imidazole rings is 1. The fourth-order valence-electron chi connectivity index (χ4n) is 3.00. The summed E-state index contributed by atoms with van der Waals surface area (Å²) < 4.78 is 12.0. The molecule has 0 aliphatic heterocycles. The topological polar surface area (TPSA) is 107 Å². The first kappa shape index (κ1) is 18.2. The Kier molecular flexibility index (Phi) is 4.87. The van der Waals surface area contributed by atoms with Crippen molar-refractivity contribution < 1.29 is 18.8 Å². The van der Waals surface area contributed by atoms with Gasteiger partial charge in [-0.1, -0.05) is 36.5 Å². The van der Waals surface area contributed by atoms with Gasteiger partial charge < -0.3 is 14.0 Å². The Morgan fingerprint density at radius 2 is 2.14 bits per heavy atom. The van der Waals surface area contributed by atoms with Gasteiger partial charge in [-0.05, 0) is 18.6 Å². The number of aryl methyl sites for hydroxylation is 1. The number of aromatic carboxylic acids is 1. The second kappa shape index (κ2) is 7.47. The molecule has 4 aromatic heterocycles. The lowest BCUT2D eigenvalue weighted by Gasteiger charge is -2.05. The normalized spacial score (nSPS) is 11.4. The SMILES string of the molecule is CCCCCc1nc(-c2cc(-c3ccoc3)cn3c(Cl)c(C(=O)O)nc23)no1. The van der Waals surface area contributed by atoms with Crippen molar-refractivity contribution in [2.24, 2.45) is 0 Å². The molecule has 0 fully saturated rings. The Hall–Kier alpha value is -3.13. The predicted octanol–water partition coefficient (Wildman–Crippen LogP) is 4.73. The maximum absolute atomic E-state index is 11.5. The Labute approximate surface area is 164 Å². The number of hydrogen-bond donors (Lipinski definition) is 1. The van der Waals surface area contributed by atoms with Gasteiger partial charge in [-0.25, -0.2) is 9.78 Å². The van der Waals surface area contributed by atoms with Crippen molar-refractivity contribution in [2.45, 2.75) is 32.6 Å². The van der Waals surface area contributed by atoms with Crippen LogP contribution in [0, 0.1) is 0 Å². The van der Waals surface area contributed by atoms with Crippen LogP contribution in [0.4, 0.5) is 0 Å². The first-order valence-electron chi connectivity index (χ1n) is 8.89. The number of nitrogens with zero attached hydrogens (tertiary/aromatic N) is 4. The lowest BCUT2D eigenvalue weighted by molar-refractivity contribution is 0.0691. The number of halogens is 1. The van der Waals surface area contributed by atoms with Crippen molar-refractivity contribution in [1.29, 1.82) is 0 Å². The summed E-state index contributed by atoms with van der Waals surface area (Å²) in [6, 6.07) is 3.61. The maximum atomic E-state index is 11.5. The van der Waals surface area contributed by atoms with Crippen molar-refractivity contribution >= 4 is 23.2 Å². The van der Waals surface area contributed by atoms with E-state index >= 15 is 0 Å². The van der Waals surface area contributed by atoms with Crippen molar-refractivity contribution in [1.82, 2.24) is 19.5 Å². The zero-order chi connectivity index (χ0) is 19.7. The Morgan fingerprint density at radius 1 is 1.29 bits per heavy atom. The molecule has 144 valence electrons. The molecule has 0 radical (unpaired) electrons. The van der Waals surface area contributed by atoms with Crippen LogP contribution in [0.1, 0.15) is 42.6 Å². The molecule has 0 aliphatic carbocycles. The summed E-state index contributed by atoms with van der Waals surface area (Å²) in [6.45, 7) is 2.12. The molecule has 0 bridgehead atoms. The largest absolute Gasteiger partial charge is 0.476 e. The van der Waals surface area contributed by atoms with Crippen LogP contribution in [-0.4, -0.2) is 30.6 Å². The third kappa shape index (κ3) is 3.27. The van der Waals surface area contributed by atoms with Crippen LogP contribution in [0.15, 0.2) is 39.8 Å². The average molecular weight is 401 g/mol. The molecule has 8 nitrogen and oxygen atoms in total. The summed E-state index contributed by atoms with van der Waals surface area (Å²) in [4.78, 5) is 20.1. The van der Waals surface area contributed by atoms with Gasteiger partial charge in [-0.3, -0.25) is 4.40 Å². The highest BCUT2D eigenvalue weighted by molar-refractivity contribution is 6.32. The highest BCUT2D eigenvalue weighted by atomic mass is 35.5. The van der Waals surface area contributed by atoms with Gasteiger partial charge in [0.1, 0.15) is 10.8 Å². The standard InChI is InChI=1S/C19H17ClN4O4/c1-2-3-4-5-14-21-17(23-28-14)13-8-12(11-6-7-27-10-11)9-24-16(20)15(19(25)26)22-18(13)24/h6-10H,2-5H2,1H3,(H,25,26). The van der Waals surface area contributed by atoms with Crippen LogP contribution in [0.5, 0.6) is 0 Å². The lowest BCUT2D eigenvalue weighted by atomic mass is 10.1. The minimum Gasteiger partial charge on any atom is -0.476 e. The molecule has 0 atom stereocenters. The number of carboxylic acids is 1. The van der Waals surface area contributed by atoms with Crippen LogP contribution in [0.25, 0.3) is 28.2 Å². The van der Waals surface area contributed by atoms with Crippen molar-refractivity contribution in [3.8, 4) is 22.5 Å². The number of unbranched alkanes of at least 4 members (excludes halogenated alkanes) is 2. The summed E-state index contributed by atoms with van der Waals surface area (Å²) in [5.41, 5.74) is 2.19. The van der Waals surface area contributed by atoms with Gasteiger partial charge in [0.2, 0.25) is 11.7 Å². The van der Waals surface area contributed by atoms with Crippen molar-refractivity contribution in [3.05, 3.63) is 47.6 Å². The van der Waals surface area contributed by atoms with Crippen molar-refractivity contribution in [3.63, 3.8) is 0 Å². The van der Waals surface area contributed by atoms with E-state index in [1.54, 1.807) is 24.8 Å². The van der Waals surface area contributed by atoms with E-state index < -0.39 is 5.97 Å². The number of hydrogen-bond acceptors (Lipinski definition) is 6. The number of carboxylic acid groups (broad SMARTS) is 1. The Balaban J connectivity index is 1.86. The monoisotopic (exact) mass is 400 g/mol. The van der Waals surface area contributed by atoms with E-state index in [2.05, 4.69) is 22.0 Å². The summed E-state index contributed by atoms with van der Waals surface area (Å²) in [5, 5.41) is 13.4. The molecular weight excluding hydrogens is 384 g/mol.